The number of piperidine rings is 1. The van der Waals surface area contributed by atoms with Crippen LogP contribution in [-0.2, 0) is 12.6 Å². The average molecular weight is 544 g/mol. The number of hydrogen-bond acceptors (Lipinski definition) is 5. The second-order valence-electron chi connectivity index (χ2n) is 12.2. The maximum atomic E-state index is 13.7. The maximum absolute atomic E-state index is 13.7. The first-order chi connectivity index (χ1) is 18.6. The molecule has 3 aliphatic rings. The summed E-state index contributed by atoms with van der Waals surface area (Å²) in [6.45, 7) is 4.24. The normalized spacial score (nSPS) is 23.2. The van der Waals surface area contributed by atoms with E-state index in [1.807, 2.05) is 11.9 Å². The third-order valence-corrected chi connectivity index (χ3v) is 9.08. The van der Waals surface area contributed by atoms with Gasteiger partial charge in [0.25, 0.3) is 5.91 Å². The summed E-state index contributed by atoms with van der Waals surface area (Å²) in [5.74, 6) is 2.47. The molecule has 2 saturated carbocycles. The van der Waals surface area contributed by atoms with Gasteiger partial charge in [0, 0.05) is 30.5 Å². The van der Waals surface area contributed by atoms with Crippen LogP contribution < -0.4 is 5.32 Å². The Hall–Kier alpha value is -2.68. The van der Waals surface area contributed by atoms with E-state index in [4.69, 9.17) is 0 Å². The monoisotopic (exact) mass is 543 g/mol. The highest BCUT2D eigenvalue weighted by Gasteiger charge is 2.39. The lowest BCUT2D eigenvalue weighted by atomic mass is 9.66. The molecule has 2 heterocycles. The van der Waals surface area contributed by atoms with E-state index in [2.05, 4.69) is 34.2 Å². The van der Waals surface area contributed by atoms with Crippen LogP contribution in [0.15, 0.2) is 30.5 Å². The van der Waals surface area contributed by atoms with Gasteiger partial charge in [0.2, 0.25) is 5.95 Å². The Labute approximate surface area is 229 Å². The number of nitrogens with zero attached hydrogens (tertiary/aromatic N) is 4. The smallest absolute Gasteiger partial charge is 0.339 e. The molecule has 5 rings (SSSR count). The molecule has 0 bridgehead atoms. The van der Waals surface area contributed by atoms with E-state index >= 15 is 0 Å². The lowest BCUT2D eigenvalue weighted by Crippen LogP contribution is -2.44. The summed E-state index contributed by atoms with van der Waals surface area (Å²) in [6, 6.07) is 7.18. The number of carbonyl (C=O) groups excluding carboxylic acids is 1. The van der Waals surface area contributed by atoms with Crippen LogP contribution in [0.1, 0.15) is 73.5 Å². The average Bonchev–Trinajstić information content (AvgIpc) is 3.69. The van der Waals surface area contributed by atoms with Crippen LogP contribution in [0, 0.1) is 23.7 Å². The minimum absolute atomic E-state index is 0.0329. The molecule has 1 N–H and O–H groups in total. The fourth-order valence-corrected chi connectivity index (χ4v) is 6.21. The molecule has 1 aliphatic heterocycles. The van der Waals surface area contributed by atoms with Crippen molar-refractivity contribution in [2.24, 2.45) is 23.7 Å². The number of rotatable bonds is 9. The zero-order valence-corrected chi connectivity index (χ0v) is 23.2. The first-order valence-corrected chi connectivity index (χ1v) is 14.3. The van der Waals surface area contributed by atoms with E-state index < -0.39 is 11.7 Å². The molecule has 2 aliphatic carbocycles. The van der Waals surface area contributed by atoms with E-state index in [0.29, 0.717) is 29.5 Å². The molecule has 3 fully saturated rings. The van der Waals surface area contributed by atoms with Crippen LogP contribution in [-0.4, -0.2) is 58.9 Å². The largest absolute Gasteiger partial charge is 0.419 e. The summed E-state index contributed by atoms with van der Waals surface area (Å²) in [5, 5.41) is 3.03. The van der Waals surface area contributed by atoms with E-state index in [-0.39, 0.29) is 29.5 Å². The summed E-state index contributed by atoms with van der Waals surface area (Å²) in [4.78, 5) is 25.4. The predicted octanol–water partition coefficient (Wildman–Crippen LogP) is 6.41. The van der Waals surface area contributed by atoms with Crippen molar-refractivity contribution in [3.63, 3.8) is 0 Å². The molecule has 1 unspecified atom stereocenters. The number of amides is 1. The van der Waals surface area contributed by atoms with E-state index in [9.17, 15) is 18.0 Å². The first-order valence-electron chi connectivity index (χ1n) is 14.3. The van der Waals surface area contributed by atoms with Gasteiger partial charge >= 0.3 is 6.18 Å². The number of carbonyl (C=O) groups is 1. The summed E-state index contributed by atoms with van der Waals surface area (Å²) < 4.78 is 41.2. The Morgan fingerprint density at radius 1 is 1.10 bits per heavy atom. The second kappa shape index (κ2) is 11.4. The minimum Gasteiger partial charge on any atom is -0.339 e. The van der Waals surface area contributed by atoms with Gasteiger partial charge in [0.05, 0.1) is 11.3 Å². The molecular formula is C30H40F3N5O. The number of likely N-dealkylation sites (tertiary alicyclic amines) is 1. The number of benzene rings is 1. The van der Waals surface area contributed by atoms with Gasteiger partial charge in [-0.3, -0.25) is 4.79 Å². The van der Waals surface area contributed by atoms with E-state index in [1.54, 1.807) is 24.3 Å². The lowest BCUT2D eigenvalue weighted by Gasteiger charge is -2.39. The molecule has 0 radical (unpaired) electrons. The molecule has 1 amide bonds. The van der Waals surface area contributed by atoms with Crippen molar-refractivity contribution in [2.45, 2.75) is 70.5 Å². The molecule has 1 aromatic heterocycles. The van der Waals surface area contributed by atoms with Crippen molar-refractivity contribution < 1.29 is 18.0 Å². The van der Waals surface area contributed by atoms with Gasteiger partial charge in [0.15, 0.2) is 0 Å². The van der Waals surface area contributed by atoms with Crippen molar-refractivity contribution in [2.75, 3.05) is 32.5 Å². The predicted molar refractivity (Wildman–Crippen MR) is 146 cm³/mol. The van der Waals surface area contributed by atoms with Gasteiger partial charge in [-0.1, -0.05) is 19.8 Å². The zero-order chi connectivity index (χ0) is 27.7. The standard InChI is InChI=1S/C30H40F3N5O/c1-19(14-20-4-5-20)23-15-21(16-23)17-27-26(30(31,32)33)18-34-29(36-27)35-24-8-6-22(7-9-24)28(39)38(3)25-10-12-37(2)13-11-25/h6-9,18-21,23,25H,4-5,10-17H2,1-3H3,(H,34,35,36). The molecule has 9 heteroatoms. The molecule has 1 aromatic carbocycles. The van der Waals surface area contributed by atoms with Crippen molar-refractivity contribution in [1.29, 1.82) is 0 Å². The minimum atomic E-state index is -4.49. The SMILES string of the molecule is CC(CC1CC1)C1CC(Cc2nc(Nc3ccc(C(=O)N(C)C4CCN(C)CC4)cc3)ncc2C(F)(F)F)C1. The number of aromatic nitrogens is 2. The van der Waals surface area contributed by atoms with Crippen molar-refractivity contribution in [1.82, 2.24) is 19.8 Å². The number of alkyl halides is 3. The summed E-state index contributed by atoms with van der Waals surface area (Å²) >= 11 is 0. The highest BCUT2D eigenvalue weighted by atomic mass is 19.4. The Morgan fingerprint density at radius 2 is 1.77 bits per heavy atom. The van der Waals surface area contributed by atoms with Crippen LogP contribution in [0.5, 0.6) is 0 Å². The maximum Gasteiger partial charge on any atom is 0.419 e. The molecule has 212 valence electrons. The summed E-state index contributed by atoms with van der Waals surface area (Å²) in [7, 11) is 3.94. The van der Waals surface area contributed by atoms with Gasteiger partial charge in [-0.25, -0.2) is 9.97 Å². The van der Waals surface area contributed by atoms with Crippen LogP contribution in [0.2, 0.25) is 0 Å². The molecular weight excluding hydrogens is 503 g/mol. The first kappa shape index (κ1) is 27.9. The van der Waals surface area contributed by atoms with Gasteiger partial charge < -0.3 is 15.1 Å². The topological polar surface area (TPSA) is 61.4 Å². The number of anilines is 2. The Morgan fingerprint density at radius 3 is 2.38 bits per heavy atom. The molecule has 6 nitrogen and oxygen atoms in total. The van der Waals surface area contributed by atoms with E-state index in [1.165, 1.54) is 19.3 Å². The third kappa shape index (κ3) is 6.91. The van der Waals surface area contributed by atoms with Gasteiger partial charge in [-0.15, -0.1) is 0 Å². The Bertz CT molecular complexity index is 1140. The third-order valence-electron chi connectivity index (χ3n) is 9.08. The van der Waals surface area contributed by atoms with Gasteiger partial charge in [-0.2, -0.15) is 13.2 Å². The van der Waals surface area contributed by atoms with Gasteiger partial charge in [-0.05, 0) is 107 Å². The summed E-state index contributed by atoms with van der Waals surface area (Å²) in [6.07, 6.45) is 4.49. The van der Waals surface area contributed by atoms with Crippen molar-refractivity contribution in [3.05, 3.63) is 47.3 Å². The van der Waals surface area contributed by atoms with Crippen LogP contribution in [0.25, 0.3) is 0 Å². The fourth-order valence-electron chi connectivity index (χ4n) is 6.21. The highest BCUT2D eigenvalue weighted by Crippen LogP contribution is 2.46. The Kier molecular flexibility index (Phi) is 8.17. The van der Waals surface area contributed by atoms with Crippen LogP contribution >= 0.6 is 0 Å². The molecule has 39 heavy (non-hydrogen) atoms. The number of nitrogens with one attached hydrogen (secondary N) is 1. The molecule has 1 saturated heterocycles. The highest BCUT2D eigenvalue weighted by molar-refractivity contribution is 5.94. The Balaban J connectivity index is 1.21. The van der Waals surface area contributed by atoms with E-state index in [0.717, 1.165) is 50.9 Å². The van der Waals surface area contributed by atoms with Crippen molar-refractivity contribution >= 4 is 17.5 Å². The van der Waals surface area contributed by atoms with Gasteiger partial charge in [0.1, 0.15) is 0 Å². The zero-order valence-electron chi connectivity index (χ0n) is 23.2. The quantitative estimate of drug-likeness (QED) is 0.396. The second-order valence-corrected chi connectivity index (χ2v) is 12.2. The van der Waals surface area contributed by atoms with Crippen LogP contribution in [0.4, 0.5) is 24.8 Å². The number of halogens is 3. The summed E-state index contributed by atoms with van der Waals surface area (Å²) in [5.41, 5.74) is 0.508. The molecule has 1 atom stereocenters. The lowest BCUT2D eigenvalue weighted by molar-refractivity contribution is -0.138. The van der Waals surface area contributed by atoms with Crippen LogP contribution in [0.3, 0.4) is 0 Å². The molecule has 2 aromatic rings. The fraction of sp³-hybridized carbons (Fsp3) is 0.633. The number of hydrogen-bond donors (Lipinski definition) is 1. The molecule has 0 spiro atoms. The van der Waals surface area contributed by atoms with Crippen molar-refractivity contribution in [3.8, 4) is 0 Å².